The summed E-state index contributed by atoms with van der Waals surface area (Å²) in [5, 5.41) is 6.52. The van der Waals surface area contributed by atoms with Crippen LogP contribution in [0.1, 0.15) is 32.6 Å². The van der Waals surface area contributed by atoms with Crippen molar-refractivity contribution in [2.75, 3.05) is 11.9 Å². The SMILES string of the molecule is C[C@H]1CCCC[C@]12NC(=O)N(CC(=O)Nc1nc3ccc(Cl)cc3s1)C2=O. The van der Waals surface area contributed by atoms with Gasteiger partial charge >= 0.3 is 6.03 Å². The number of imide groups is 1. The molecule has 1 saturated heterocycles. The Kier molecular flexibility index (Phi) is 4.55. The Bertz CT molecular complexity index is 946. The van der Waals surface area contributed by atoms with Gasteiger partial charge in [0.1, 0.15) is 12.1 Å². The van der Waals surface area contributed by atoms with Gasteiger partial charge < -0.3 is 10.6 Å². The molecule has 7 nitrogen and oxygen atoms in total. The van der Waals surface area contributed by atoms with Crippen molar-refractivity contribution in [3.8, 4) is 0 Å². The van der Waals surface area contributed by atoms with E-state index in [0.29, 0.717) is 16.6 Å². The second-order valence-corrected chi connectivity index (χ2v) is 8.59. The quantitative estimate of drug-likeness (QED) is 0.764. The first-order valence-electron chi connectivity index (χ1n) is 8.89. The summed E-state index contributed by atoms with van der Waals surface area (Å²) in [4.78, 5) is 43.0. The highest BCUT2D eigenvalue weighted by Gasteiger charge is 2.55. The van der Waals surface area contributed by atoms with Crippen LogP contribution >= 0.6 is 22.9 Å². The largest absolute Gasteiger partial charge is 0.325 e. The zero-order valence-electron chi connectivity index (χ0n) is 14.8. The lowest BCUT2D eigenvalue weighted by atomic mass is 9.73. The summed E-state index contributed by atoms with van der Waals surface area (Å²) in [6.07, 6.45) is 3.45. The van der Waals surface area contributed by atoms with E-state index in [1.807, 2.05) is 6.92 Å². The molecule has 2 N–H and O–H groups in total. The number of amides is 4. The van der Waals surface area contributed by atoms with Crippen LogP contribution in [0.15, 0.2) is 18.2 Å². The van der Waals surface area contributed by atoms with Crippen molar-refractivity contribution >= 4 is 56.1 Å². The smallest absolute Gasteiger partial charge is 0.323 e. The molecule has 1 aliphatic heterocycles. The van der Waals surface area contributed by atoms with E-state index in [9.17, 15) is 14.4 Å². The Hall–Kier alpha value is -2.19. The molecule has 0 radical (unpaired) electrons. The molecular formula is C18H19ClN4O3S. The molecule has 0 bridgehead atoms. The van der Waals surface area contributed by atoms with Gasteiger partial charge in [0.25, 0.3) is 5.91 Å². The van der Waals surface area contributed by atoms with Gasteiger partial charge in [-0.3, -0.25) is 14.5 Å². The minimum absolute atomic E-state index is 0.0600. The zero-order chi connectivity index (χ0) is 19.2. The van der Waals surface area contributed by atoms with Gasteiger partial charge in [-0.05, 0) is 37.0 Å². The summed E-state index contributed by atoms with van der Waals surface area (Å²) in [6, 6.07) is 4.78. The fourth-order valence-corrected chi connectivity index (χ4v) is 5.05. The first-order valence-corrected chi connectivity index (χ1v) is 10.1. The van der Waals surface area contributed by atoms with Gasteiger partial charge in [-0.2, -0.15) is 0 Å². The van der Waals surface area contributed by atoms with Crippen molar-refractivity contribution in [1.29, 1.82) is 0 Å². The van der Waals surface area contributed by atoms with Crippen molar-refractivity contribution in [3.63, 3.8) is 0 Å². The Morgan fingerprint density at radius 2 is 2.26 bits per heavy atom. The number of anilines is 1. The molecule has 2 fully saturated rings. The second kappa shape index (κ2) is 6.76. The van der Waals surface area contributed by atoms with E-state index in [0.717, 1.165) is 34.4 Å². The van der Waals surface area contributed by atoms with Crippen LogP contribution in [0.3, 0.4) is 0 Å². The molecule has 1 aliphatic carbocycles. The molecule has 2 aromatic rings. The number of rotatable bonds is 3. The summed E-state index contributed by atoms with van der Waals surface area (Å²) in [7, 11) is 0. The van der Waals surface area contributed by atoms with E-state index in [2.05, 4.69) is 15.6 Å². The molecule has 142 valence electrons. The van der Waals surface area contributed by atoms with Crippen LogP contribution < -0.4 is 10.6 Å². The number of nitrogens with zero attached hydrogens (tertiary/aromatic N) is 2. The van der Waals surface area contributed by atoms with Gasteiger partial charge in [0, 0.05) is 5.02 Å². The molecule has 9 heteroatoms. The van der Waals surface area contributed by atoms with E-state index in [1.54, 1.807) is 18.2 Å². The topological polar surface area (TPSA) is 91.4 Å². The highest BCUT2D eigenvalue weighted by atomic mass is 35.5. The van der Waals surface area contributed by atoms with E-state index in [-0.39, 0.29) is 18.4 Å². The number of benzene rings is 1. The summed E-state index contributed by atoms with van der Waals surface area (Å²) in [5.41, 5.74) is -0.132. The van der Waals surface area contributed by atoms with E-state index < -0.39 is 17.5 Å². The molecule has 1 aromatic carbocycles. The number of halogens is 1. The van der Waals surface area contributed by atoms with Crippen LogP contribution in [-0.2, 0) is 9.59 Å². The lowest BCUT2D eigenvalue weighted by Gasteiger charge is -2.36. The number of hydrogen-bond donors (Lipinski definition) is 2. The second-order valence-electron chi connectivity index (χ2n) is 7.12. The molecule has 2 aliphatic rings. The van der Waals surface area contributed by atoms with Crippen LogP contribution in [0.25, 0.3) is 10.2 Å². The molecule has 1 aromatic heterocycles. The summed E-state index contributed by atoms with van der Waals surface area (Å²) >= 11 is 7.25. The molecule has 1 spiro atoms. The summed E-state index contributed by atoms with van der Waals surface area (Å²) < 4.78 is 0.850. The Morgan fingerprint density at radius 1 is 1.44 bits per heavy atom. The molecule has 2 atom stereocenters. The van der Waals surface area contributed by atoms with Gasteiger partial charge in [0.05, 0.1) is 10.2 Å². The number of aromatic nitrogens is 1. The average molecular weight is 407 g/mol. The molecule has 4 rings (SSSR count). The molecule has 27 heavy (non-hydrogen) atoms. The van der Waals surface area contributed by atoms with Crippen LogP contribution in [0, 0.1) is 5.92 Å². The molecule has 4 amide bonds. The first-order chi connectivity index (χ1) is 12.9. The van der Waals surface area contributed by atoms with Crippen LogP contribution in [-0.4, -0.2) is 39.8 Å². The maximum Gasteiger partial charge on any atom is 0.325 e. The fraction of sp³-hybridized carbons (Fsp3) is 0.444. The third-order valence-corrected chi connectivity index (χ3v) is 6.57. The van der Waals surface area contributed by atoms with Crippen molar-refractivity contribution in [1.82, 2.24) is 15.2 Å². The minimum atomic E-state index is -0.859. The number of carbonyl (C=O) groups is 3. The third kappa shape index (κ3) is 3.17. The van der Waals surface area contributed by atoms with Gasteiger partial charge in [0.15, 0.2) is 5.13 Å². The monoisotopic (exact) mass is 406 g/mol. The van der Waals surface area contributed by atoms with Crippen molar-refractivity contribution in [2.24, 2.45) is 5.92 Å². The molecule has 1 saturated carbocycles. The lowest BCUT2D eigenvalue weighted by Crippen LogP contribution is -2.54. The van der Waals surface area contributed by atoms with Crippen molar-refractivity contribution < 1.29 is 14.4 Å². The van der Waals surface area contributed by atoms with Gasteiger partial charge in [-0.1, -0.05) is 42.7 Å². The maximum atomic E-state index is 12.9. The number of fused-ring (bicyclic) bond motifs is 1. The molecule has 2 heterocycles. The van der Waals surface area contributed by atoms with Gasteiger partial charge in [0.2, 0.25) is 5.91 Å². The summed E-state index contributed by atoms with van der Waals surface area (Å²) in [5.74, 6) is -0.695. The summed E-state index contributed by atoms with van der Waals surface area (Å²) in [6.45, 7) is 1.66. The number of hydrogen-bond acceptors (Lipinski definition) is 5. The Labute approximate surface area is 165 Å². The number of carbonyl (C=O) groups excluding carboxylic acids is 3. The first kappa shape index (κ1) is 18.2. The molecular weight excluding hydrogens is 388 g/mol. The number of thiazole rings is 1. The number of urea groups is 1. The predicted molar refractivity (Wildman–Crippen MR) is 104 cm³/mol. The standard InChI is InChI=1S/C18H19ClN4O3S/c1-10-4-2-3-7-18(10)15(25)23(17(26)22-18)9-14(24)21-16-20-12-6-5-11(19)8-13(12)27-16/h5-6,8,10H,2-4,7,9H2,1H3,(H,22,26)(H,20,21,24)/t10-,18-/m0/s1. The van der Waals surface area contributed by atoms with Crippen molar-refractivity contribution in [3.05, 3.63) is 23.2 Å². The highest BCUT2D eigenvalue weighted by Crippen LogP contribution is 2.38. The Balaban J connectivity index is 1.47. The minimum Gasteiger partial charge on any atom is -0.323 e. The maximum absolute atomic E-state index is 12.9. The van der Waals surface area contributed by atoms with Crippen LogP contribution in [0.4, 0.5) is 9.93 Å². The fourth-order valence-electron chi connectivity index (χ4n) is 3.89. The normalized spacial score (nSPS) is 25.3. The zero-order valence-corrected chi connectivity index (χ0v) is 16.3. The van der Waals surface area contributed by atoms with Gasteiger partial charge in [-0.25, -0.2) is 9.78 Å². The van der Waals surface area contributed by atoms with E-state index >= 15 is 0 Å². The van der Waals surface area contributed by atoms with E-state index in [1.165, 1.54) is 11.3 Å². The predicted octanol–water partition coefficient (Wildman–Crippen LogP) is 3.39. The number of nitrogens with one attached hydrogen (secondary N) is 2. The van der Waals surface area contributed by atoms with E-state index in [4.69, 9.17) is 11.6 Å². The highest BCUT2D eigenvalue weighted by molar-refractivity contribution is 7.22. The van der Waals surface area contributed by atoms with Crippen LogP contribution in [0.2, 0.25) is 5.02 Å². The third-order valence-electron chi connectivity index (χ3n) is 5.40. The average Bonchev–Trinajstić information content (AvgIpc) is 3.11. The van der Waals surface area contributed by atoms with Crippen molar-refractivity contribution in [2.45, 2.75) is 38.1 Å². The molecule has 0 unspecified atom stereocenters. The van der Waals surface area contributed by atoms with Gasteiger partial charge in [-0.15, -0.1) is 0 Å². The Morgan fingerprint density at radius 3 is 3.04 bits per heavy atom. The van der Waals surface area contributed by atoms with Crippen LogP contribution in [0.5, 0.6) is 0 Å². The lowest BCUT2D eigenvalue weighted by molar-refractivity contribution is -0.136.